The molecule has 0 bridgehead atoms. The second kappa shape index (κ2) is 4.95. The molecule has 0 saturated carbocycles. The van der Waals surface area contributed by atoms with Gasteiger partial charge in [0.2, 0.25) is 0 Å². The Balaban J connectivity index is 0.000000640. The third-order valence-corrected chi connectivity index (χ3v) is 1.69. The normalized spacial score (nSPS) is 8.11. The molecule has 0 saturated heterocycles. The summed E-state index contributed by atoms with van der Waals surface area (Å²) in [7, 11) is 1.79. The van der Waals surface area contributed by atoms with Crippen molar-refractivity contribution in [1.29, 1.82) is 0 Å². The number of aromatic nitrogens is 2. The average Bonchev–Trinajstić information content (AvgIpc) is 2.14. The van der Waals surface area contributed by atoms with E-state index in [1.54, 1.807) is 7.05 Å². The minimum absolute atomic E-state index is 0. The first kappa shape index (κ1) is 10.2. The third-order valence-electron chi connectivity index (χ3n) is 0.620. The van der Waals surface area contributed by atoms with E-state index in [4.69, 9.17) is 12.6 Å². The van der Waals surface area contributed by atoms with Crippen LogP contribution in [-0.2, 0) is 12.6 Å². The Hall–Kier alpha value is 1.22. The molecule has 0 fully saturated rings. The van der Waals surface area contributed by atoms with Gasteiger partial charge < -0.3 is 29.3 Å². The molecule has 0 spiro atoms. The smallest absolute Gasteiger partial charge is 0.406 e. The van der Waals surface area contributed by atoms with Gasteiger partial charge in [0, 0.05) is 7.05 Å². The Kier molecular flexibility index (Phi) is 5.61. The zero-order valence-electron chi connectivity index (χ0n) is 5.21. The summed E-state index contributed by atoms with van der Waals surface area (Å²) in [4.78, 5) is 0. The van der Waals surface area contributed by atoms with Gasteiger partial charge in [-0.3, -0.25) is 0 Å². The first-order valence-electron chi connectivity index (χ1n) is 2.01. The topological polar surface area (TPSA) is 37.8 Å². The zero-order chi connectivity index (χ0) is 5.98. The molecule has 0 amide bonds. The molecule has 0 unspecified atom stereocenters. The van der Waals surface area contributed by atoms with Crippen molar-refractivity contribution in [2.45, 2.75) is 4.34 Å². The minimum atomic E-state index is 0. The van der Waals surface area contributed by atoms with Gasteiger partial charge in [0.15, 0.2) is 0 Å². The Labute approximate surface area is 105 Å². The SMILES string of the molecule is CNc1nnc([S-])s1.[K+]. The molecule has 0 aliphatic rings. The van der Waals surface area contributed by atoms with Crippen molar-refractivity contribution in [3.05, 3.63) is 0 Å². The fraction of sp³-hybridized carbons (Fsp3) is 0.333. The molecule has 0 aliphatic carbocycles. The first-order valence-corrected chi connectivity index (χ1v) is 3.23. The molecular weight excluding hydrogens is 181 g/mol. The maximum absolute atomic E-state index is 4.70. The van der Waals surface area contributed by atoms with Crippen LogP contribution in [0.1, 0.15) is 0 Å². The van der Waals surface area contributed by atoms with Crippen LogP contribution in [-0.4, -0.2) is 17.2 Å². The maximum atomic E-state index is 4.70. The van der Waals surface area contributed by atoms with Gasteiger partial charge in [-0.05, 0) is 4.34 Å². The Bertz CT molecular complexity index is 177. The van der Waals surface area contributed by atoms with E-state index in [0.29, 0.717) is 4.34 Å². The van der Waals surface area contributed by atoms with Crippen LogP contribution in [0.4, 0.5) is 5.13 Å². The third kappa shape index (κ3) is 3.22. The van der Waals surface area contributed by atoms with Crippen LogP contribution < -0.4 is 56.7 Å². The van der Waals surface area contributed by atoms with Crippen molar-refractivity contribution in [3.8, 4) is 0 Å². The van der Waals surface area contributed by atoms with Crippen LogP contribution in [0.5, 0.6) is 0 Å². The number of nitrogens with zero attached hydrogens (tertiary/aromatic N) is 2. The van der Waals surface area contributed by atoms with E-state index in [1.165, 1.54) is 11.3 Å². The Morgan fingerprint density at radius 1 is 1.56 bits per heavy atom. The molecule has 1 rings (SSSR count). The van der Waals surface area contributed by atoms with Crippen molar-refractivity contribution >= 4 is 29.1 Å². The molecule has 1 N–H and O–H groups in total. The second-order valence-electron chi connectivity index (χ2n) is 1.12. The summed E-state index contributed by atoms with van der Waals surface area (Å²) in [6.45, 7) is 0. The first-order chi connectivity index (χ1) is 3.83. The van der Waals surface area contributed by atoms with E-state index in [0.717, 1.165) is 5.13 Å². The molecule has 3 nitrogen and oxygen atoms in total. The van der Waals surface area contributed by atoms with Crippen LogP contribution in [0.2, 0.25) is 0 Å². The van der Waals surface area contributed by atoms with E-state index >= 15 is 0 Å². The Morgan fingerprint density at radius 3 is 2.44 bits per heavy atom. The van der Waals surface area contributed by atoms with Crippen LogP contribution in [0.3, 0.4) is 0 Å². The van der Waals surface area contributed by atoms with E-state index in [2.05, 4.69) is 15.5 Å². The van der Waals surface area contributed by atoms with Crippen molar-refractivity contribution in [3.63, 3.8) is 0 Å². The number of anilines is 1. The standard InChI is InChI=1S/C3H5N3S2.K/c1-4-2-5-6-3(7)8-2;/h1H3,(H,4,5)(H,6,7);/q;+1/p-1. The number of rotatable bonds is 1. The molecule has 0 radical (unpaired) electrons. The fourth-order valence-corrected chi connectivity index (χ4v) is 1.02. The quantitative estimate of drug-likeness (QED) is 0.387. The number of nitrogens with one attached hydrogen (secondary N) is 1. The van der Waals surface area contributed by atoms with Gasteiger partial charge in [0.25, 0.3) is 0 Å². The zero-order valence-corrected chi connectivity index (χ0v) is 9.97. The Morgan fingerprint density at radius 2 is 2.22 bits per heavy atom. The summed E-state index contributed by atoms with van der Waals surface area (Å²) in [5.41, 5.74) is 0. The van der Waals surface area contributed by atoms with E-state index in [-0.39, 0.29) is 51.4 Å². The van der Waals surface area contributed by atoms with Crippen molar-refractivity contribution in [1.82, 2.24) is 10.2 Å². The minimum Gasteiger partial charge on any atom is -0.406 e. The van der Waals surface area contributed by atoms with Gasteiger partial charge in [-0.15, -0.1) is 5.10 Å². The summed E-state index contributed by atoms with van der Waals surface area (Å²) in [6.07, 6.45) is 0. The van der Waals surface area contributed by atoms with Crippen LogP contribution in [0.25, 0.3) is 0 Å². The molecular formula is C3H4KN3S2. The summed E-state index contributed by atoms with van der Waals surface area (Å²) >= 11 is 6.07. The van der Waals surface area contributed by atoms with Gasteiger partial charge in [0.05, 0.1) is 0 Å². The molecule has 0 aromatic carbocycles. The summed E-state index contributed by atoms with van der Waals surface area (Å²) < 4.78 is 0.578. The van der Waals surface area contributed by atoms with E-state index in [9.17, 15) is 0 Å². The van der Waals surface area contributed by atoms with Gasteiger partial charge in [-0.25, -0.2) is 0 Å². The molecule has 44 valence electrons. The molecule has 0 atom stereocenters. The number of hydrogen-bond donors (Lipinski definition) is 1. The van der Waals surface area contributed by atoms with Gasteiger partial charge >= 0.3 is 51.4 Å². The average molecular weight is 185 g/mol. The predicted molar refractivity (Wildman–Crippen MR) is 35.1 cm³/mol. The maximum Gasteiger partial charge on any atom is 1.00 e. The molecule has 6 heteroatoms. The van der Waals surface area contributed by atoms with Crippen LogP contribution in [0, 0.1) is 0 Å². The van der Waals surface area contributed by atoms with Crippen LogP contribution >= 0.6 is 11.3 Å². The molecule has 9 heavy (non-hydrogen) atoms. The largest absolute Gasteiger partial charge is 1.00 e. The molecule has 1 heterocycles. The van der Waals surface area contributed by atoms with Crippen molar-refractivity contribution in [2.75, 3.05) is 12.4 Å². The van der Waals surface area contributed by atoms with E-state index < -0.39 is 0 Å². The van der Waals surface area contributed by atoms with Gasteiger partial charge in [-0.2, -0.15) is 5.10 Å². The summed E-state index contributed by atoms with van der Waals surface area (Å²) in [5.74, 6) is 0. The molecule has 0 aliphatic heterocycles. The second-order valence-corrected chi connectivity index (χ2v) is 2.75. The van der Waals surface area contributed by atoms with Crippen molar-refractivity contribution in [2.24, 2.45) is 0 Å². The van der Waals surface area contributed by atoms with Crippen LogP contribution in [0.15, 0.2) is 4.34 Å². The fourth-order valence-electron chi connectivity index (χ4n) is 0.311. The summed E-state index contributed by atoms with van der Waals surface area (Å²) in [5, 5.41) is 10.9. The predicted octanol–water partition coefficient (Wildman–Crippen LogP) is -2.51. The van der Waals surface area contributed by atoms with Gasteiger partial charge in [-0.1, -0.05) is 0 Å². The van der Waals surface area contributed by atoms with E-state index in [1.807, 2.05) is 0 Å². The monoisotopic (exact) mass is 185 g/mol. The van der Waals surface area contributed by atoms with Crippen molar-refractivity contribution < 1.29 is 51.4 Å². The molecule has 1 aromatic rings. The number of hydrogen-bond acceptors (Lipinski definition) is 5. The molecule has 1 aromatic heterocycles. The summed E-state index contributed by atoms with van der Waals surface area (Å²) in [6, 6.07) is 0. The van der Waals surface area contributed by atoms with Gasteiger partial charge in [0.1, 0.15) is 5.13 Å².